The standard InChI is InChI=1S/C18H15ClN4O3/c19-15-3-1-13(2-4-15)18(24)22-9-7-21(8-10-22)17-6-5-16(23(25)26)11-14(17)12-20/h1-6,11H,7-10H2. The van der Waals surface area contributed by atoms with Crippen LogP contribution < -0.4 is 4.90 Å². The molecule has 2 aromatic rings. The summed E-state index contributed by atoms with van der Waals surface area (Å²) in [5, 5.41) is 20.7. The van der Waals surface area contributed by atoms with Crippen LogP contribution in [0.2, 0.25) is 5.02 Å². The summed E-state index contributed by atoms with van der Waals surface area (Å²) in [6.07, 6.45) is 0. The summed E-state index contributed by atoms with van der Waals surface area (Å²) in [7, 11) is 0. The maximum atomic E-state index is 12.5. The van der Waals surface area contributed by atoms with Crippen molar-refractivity contribution in [3.63, 3.8) is 0 Å². The van der Waals surface area contributed by atoms with Gasteiger partial charge in [-0.1, -0.05) is 11.6 Å². The Balaban J connectivity index is 1.70. The number of piperazine rings is 1. The van der Waals surface area contributed by atoms with Crippen LogP contribution in [0.25, 0.3) is 0 Å². The molecule has 0 atom stereocenters. The number of nitriles is 1. The summed E-state index contributed by atoms with van der Waals surface area (Å²) in [5.74, 6) is -0.0643. The molecule has 0 aliphatic carbocycles. The van der Waals surface area contributed by atoms with Crippen molar-refractivity contribution in [3.05, 3.63) is 68.7 Å². The first-order valence-corrected chi connectivity index (χ1v) is 8.35. The van der Waals surface area contributed by atoms with Crippen LogP contribution >= 0.6 is 11.6 Å². The Labute approximate surface area is 155 Å². The Morgan fingerprint density at radius 2 is 1.77 bits per heavy atom. The van der Waals surface area contributed by atoms with Crippen LogP contribution in [-0.2, 0) is 0 Å². The number of amides is 1. The number of hydrogen-bond acceptors (Lipinski definition) is 5. The first-order valence-electron chi connectivity index (χ1n) is 7.98. The summed E-state index contributed by atoms with van der Waals surface area (Å²) in [4.78, 5) is 26.6. The van der Waals surface area contributed by atoms with E-state index in [2.05, 4.69) is 0 Å². The molecule has 0 unspecified atom stereocenters. The number of carbonyl (C=O) groups excluding carboxylic acids is 1. The lowest BCUT2D eigenvalue weighted by Gasteiger charge is -2.36. The molecule has 2 aromatic carbocycles. The third-order valence-corrected chi connectivity index (χ3v) is 4.56. The molecule has 132 valence electrons. The fourth-order valence-electron chi connectivity index (χ4n) is 2.93. The molecule has 1 amide bonds. The van der Waals surface area contributed by atoms with Gasteiger partial charge in [-0.2, -0.15) is 5.26 Å². The molecular formula is C18H15ClN4O3. The van der Waals surface area contributed by atoms with Crippen LogP contribution in [0.5, 0.6) is 0 Å². The maximum absolute atomic E-state index is 12.5. The summed E-state index contributed by atoms with van der Waals surface area (Å²) in [6.45, 7) is 2.10. The van der Waals surface area contributed by atoms with Gasteiger partial charge in [0.15, 0.2) is 0 Å². The Hall–Kier alpha value is -3.11. The summed E-state index contributed by atoms with van der Waals surface area (Å²) in [5.41, 5.74) is 1.38. The molecule has 0 radical (unpaired) electrons. The highest BCUT2D eigenvalue weighted by molar-refractivity contribution is 6.30. The number of nitro benzene ring substituents is 1. The zero-order chi connectivity index (χ0) is 18.7. The number of nitro groups is 1. The first kappa shape index (κ1) is 17.7. The largest absolute Gasteiger partial charge is 0.367 e. The quantitative estimate of drug-likeness (QED) is 0.611. The van der Waals surface area contributed by atoms with Gasteiger partial charge in [-0.3, -0.25) is 14.9 Å². The third-order valence-electron chi connectivity index (χ3n) is 4.31. The van der Waals surface area contributed by atoms with Gasteiger partial charge in [0.2, 0.25) is 0 Å². The average molecular weight is 371 g/mol. The Kier molecular flexibility index (Phi) is 5.05. The molecule has 1 heterocycles. The van der Waals surface area contributed by atoms with Crippen molar-refractivity contribution in [2.75, 3.05) is 31.1 Å². The molecule has 0 saturated carbocycles. The van der Waals surface area contributed by atoms with E-state index in [9.17, 15) is 20.2 Å². The van der Waals surface area contributed by atoms with Crippen LogP contribution in [0, 0.1) is 21.4 Å². The van der Waals surface area contributed by atoms with Gasteiger partial charge in [0, 0.05) is 48.9 Å². The second-order valence-electron chi connectivity index (χ2n) is 5.86. The molecule has 7 nitrogen and oxygen atoms in total. The number of rotatable bonds is 3. The van der Waals surface area contributed by atoms with Crippen molar-refractivity contribution in [2.45, 2.75) is 0 Å². The molecule has 0 aromatic heterocycles. The molecular weight excluding hydrogens is 356 g/mol. The molecule has 1 aliphatic rings. The van der Waals surface area contributed by atoms with E-state index in [0.29, 0.717) is 42.5 Å². The number of carbonyl (C=O) groups is 1. The number of nitrogens with zero attached hydrogens (tertiary/aromatic N) is 4. The molecule has 3 rings (SSSR count). The predicted octanol–water partition coefficient (Wildman–Crippen LogP) is 3.08. The highest BCUT2D eigenvalue weighted by Crippen LogP contribution is 2.26. The highest BCUT2D eigenvalue weighted by Gasteiger charge is 2.24. The van der Waals surface area contributed by atoms with Crippen LogP contribution in [0.4, 0.5) is 11.4 Å². The zero-order valence-electron chi connectivity index (χ0n) is 13.8. The minimum Gasteiger partial charge on any atom is -0.367 e. The fourth-order valence-corrected chi connectivity index (χ4v) is 3.05. The molecule has 1 fully saturated rings. The molecule has 1 aliphatic heterocycles. The van der Waals surface area contributed by atoms with Gasteiger partial charge in [0.05, 0.1) is 16.2 Å². The molecule has 0 bridgehead atoms. The average Bonchev–Trinajstić information content (AvgIpc) is 2.67. The van der Waals surface area contributed by atoms with E-state index in [-0.39, 0.29) is 17.2 Å². The second-order valence-corrected chi connectivity index (χ2v) is 6.29. The van der Waals surface area contributed by atoms with Crippen LogP contribution in [0.1, 0.15) is 15.9 Å². The van der Waals surface area contributed by atoms with Crippen molar-refractivity contribution >= 4 is 28.9 Å². The summed E-state index contributed by atoms with van der Waals surface area (Å²) >= 11 is 5.85. The fraction of sp³-hybridized carbons (Fsp3) is 0.222. The topological polar surface area (TPSA) is 90.5 Å². The molecule has 26 heavy (non-hydrogen) atoms. The van der Waals surface area contributed by atoms with Gasteiger partial charge in [0.25, 0.3) is 11.6 Å². The lowest BCUT2D eigenvalue weighted by Crippen LogP contribution is -2.49. The van der Waals surface area contributed by atoms with Crippen molar-refractivity contribution in [3.8, 4) is 6.07 Å². The molecule has 1 saturated heterocycles. The Morgan fingerprint density at radius 3 is 2.35 bits per heavy atom. The predicted molar refractivity (Wildman–Crippen MR) is 97.4 cm³/mol. The second kappa shape index (κ2) is 7.42. The van der Waals surface area contributed by atoms with Crippen molar-refractivity contribution in [2.24, 2.45) is 0 Å². The van der Waals surface area contributed by atoms with Crippen molar-refractivity contribution in [1.29, 1.82) is 5.26 Å². The number of hydrogen-bond donors (Lipinski definition) is 0. The number of anilines is 1. The van der Waals surface area contributed by atoms with Crippen LogP contribution in [-0.4, -0.2) is 41.9 Å². The Bertz CT molecular complexity index is 884. The van der Waals surface area contributed by atoms with Crippen LogP contribution in [0.3, 0.4) is 0 Å². The zero-order valence-corrected chi connectivity index (χ0v) is 14.5. The Morgan fingerprint density at radius 1 is 1.12 bits per heavy atom. The van der Waals surface area contributed by atoms with Crippen molar-refractivity contribution in [1.82, 2.24) is 4.90 Å². The van der Waals surface area contributed by atoms with E-state index in [4.69, 9.17) is 11.6 Å². The first-order chi connectivity index (χ1) is 12.5. The lowest BCUT2D eigenvalue weighted by molar-refractivity contribution is -0.384. The molecule has 0 N–H and O–H groups in total. The molecule has 8 heteroatoms. The highest BCUT2D eigenvalue weighted by atomic mass is 35.5. The van der Waals surface area contributed by atoms with Gasteiger partial charge < -0.3 is 9.80 Å². The van der Waals surface area contributed by atoms with E-state index in [1.807, 2.05) is 11.0 Å². The summed E-state index contributed by atoms with van der Waals surface area (Å²) in [6, 6.07) is 13.0. The SMILES string of the molecule is N#Cc1cc([N+](=O)[O-])ccc1N1CCN(C(=O)c2ccc(Cl)cc2)CC1. The van der Waals surface area contributed by atoms with E-state index >= 15 is 0 Å². The lowest BCUT2D eigenvalue weighted by atomic mass is 10.1. The third kappa shape index (κ3) is 3.60. The smallest absolute Gasteiger partial charge is 0.270 e. The molecule has 0 spiro atoms. The number of halogens is 1. The van der Waals surface area contributed by atoms with Gasteiger partial charge in [-0.15, -0.1) is 0 Å². The monoisotopic (exact) mass is 370 g/mol. The van der Waals surface area contributed by atoms with E-state index < -0.39 is 4.92 Å². The number of non-ortho nitro benzene ring substituents is 1. The van der Waals surface area contributed by atoms with Gasteiger partial charge in [-0.25, -0.2) is 0 Å². The summed E-state index contributed by atoms with van der Waals surface area (Å²) < 4.78 is 0. The van der Waals surface area contributed by atoms with E-state index in [0.717, 1.165) is 0 Å². The number of benzene rings is 2. The van der Waals surface area contributed by atoms with E-state index in [1.54, 1.807) is 35.2 Å². The van der Waals surface area contributed by atoms with Gasteiger partial charge in [0.1, 0.15) is 6.07 Å². The van der Waals surface area contributed by atoms with Gasteiger partial charge >= 0.3 is 0 Å². The van der Waals surface area contributed by atoms with Gasteiger partial charge in [-0.05, 0) is 30.3 Å². The van der Waals surface area contributed by atoms with Crippen molar-refractivity contribution < 1.29 is 9.72 Å². The minimum atomic E-state index is -0.520. The normalized spacial score (nSPS) is 14.0. The van der Waals surface area contributed by atoms with E-state index in [1.165, 1.54) is 12.1 Å². The van der Waals surface area contributed by atoms with Crippen LogP contribution in [0.15, 0.2) is 42.5 Å². The maximum Gasteiger partial charge on any atom is 0.270 e. The minimum absolute atomic E-state index is 0.0643.